The highest BCUT2D eigenvalue weighted by molar-refractivity contribution is 8.07. The molecule has 0 aliphatic carbocycles. The van der Waals surface area contributed by atoms with Crippen LogP contribution >= 0.6 is 35.3 Å². The van der Waals surface area contributed by atoms with Crippen molar-refractivity contribution >= 4 is 57.4 Å². The van der Waals surface area contributed by atoms with Crippen molar-refractivity contribution < 1.29 is 8.42 Å². The van der Waals surface area contributed by atoms with E-state index in [0.717, 1.165) is 23.4 Å². The normalized spacial score (nSPS) is 12.3. The Kier molecular flexibility index (Phi) is 7.59. The number of hydrogen-bond donors (Lipinski definition) is 0. The fourth-order valence-electron chi connectivity index (χ4n) is 2.18. The number of rotatable bonds is 7. The first-order chi connectivity index (χ1) is 12.6. The second-order valence-electron chi connectivity index (χ2n) is 6.11. The molecule has 0 amide bonds. The molecule has 0 bridgehead atoms. The lowest BCUT2D eigenvalue weighted by molar-refractivity contribution is 0.495. The van der Waals surface area contributed by atoms with Crippen LogP contribution in [0.1, 0.15) is 19.4 Å². The van der Waals surface area contributed by atoms with E-state index in [0.29, 0.717) is 10.0 Å². The molecule has 0 heterocycles. The van der Waals surface area contributed by atoms with Gasteiger partial charge >= 0.3 is 0 Å². The van der Waals surface area contributed by atoms with Gasteiger partial charge in [0.25, 0.3) is 10.0 Å². The van der Waals surface area contributed by atoms with Crippen LogP contribution in [-0.2, 0) is 10.0 Å². The van der Waals surface area contributed by atoms with Gasteiger partial charge in [0.1, 0.15) is 6.34 Å². The lowest BCUT2D eigenvalue weighted by Crippen LogP contribution is -2.34. The first-order valence-corrected chi connectivity index (χ1v) is 11.0. The molecule has 0 spiro atoms. The molecule has 0 N–H and O–H groups in total. The third kappa shape index (κ3) is 5.86. The minimum atomic E-state index is -3.69. The molecular weight excluding hydrogens is 425 g/mol. The zero-order valence-corrected chi connectivity index (χ0v) is 18.6. The summed E-state index contributed by atoms with van der Waals surface area (Å²) in [6.45, 7) is 5.54. The van der Waals surface area contributed by atoms with Crippen LogP contribution in [0.4, 0.5) is 5.69 Å². The van der Waals surface area contributed by atoms with Crippen LogP contribution in [0.25, 0.3) is 0 Å². The Balaban J connectivity index is 2.19. The molecule has 2 rings (SSSR count). The molecule has 9 heteroatoms. The maximum absolute atomic E-state index is 13.0. The summed E-state index contributed by atoms with van der Waals surface area (Å²) in [6.07, 6.45) is 1.58. The van der Waals surface area contributed by atoms with E-state index in [2.05, 4.69) is 4.99 Å². The Labute approximate surface area is 175 Å². The minimum absolute atomic E-state index is 0.187. The zero-order chi connectivity index (χ0) is 20.2. The van der Waals surface area contributed by atoms with Crippen LogP contribution in [-0.4, -0.2) is 35.9 Å². The highest BCUT2D eigenvalue weighted by Crippen LogP contribution is 2.28. The molecule has 146 valence electrons. The van der Waals surface area contributed by atoms with Gasteiger partial charge in [-0.1, -0.05) is 23.2 Å². The molecule has 0 radical (unpaired) electrons. The largest absolute Gasteiger partial charge is 0.296 e. The monoisotopic (exact) mass is 445 g/mol. The lowest BCUT2D eigenvalue weighted by atomic mass is 10.2. The fourth-order valence-corrected chi connectivity index (χ4v) is 5.23. The molecule has 0 fully saturated rings. The molecule has 0 saturated heterocycles. The Bertz CT molecular complexity index is 917. The van der Waals surface area contributed by atoms with E-state index in [1.165, 1.54) is 15.8 Å². The molecule has 5 nitrogen and oxygen atoms in total. The number of sulfonamides is 1. The fraction of sp³-hybridized carbons (Fsp3) is 0.278. The van der Waals surface area contributed by atoms with Crippen molar-refractivity contribution in [2.45, 2.75) is 31.7 Å². The molecule has 0 saturated carbocycles. The Hall–Kier alpha value is -1.25. The summed E-state index contributed by atoms with van der Waals surface area (Å²) in [4.78, 5) is 4.60. The third-order valence-corrected chi connectivity index (χ3v) is 7.47. The van der Waals surface area contributed by atoms with Crippen LogP contribution < -0.4 is 0 Å². The summed E-state index contributed by atoms with van der Waals surface area (Å²) in [5.41, 5.74) is 1.70. The SMILES string of the molecule is Cc1cc(Cl)ccc1/N=C/N(C)SN(C(C)C)S(=O)(=O)c1ccc(Cl)cc1. The van der Waals surface area contributed by atoms with Gasteiger partial charge in [0, 0.05) is 23.1 Å². The second kappa shape index (κ2) is 9.30. The van der Waals surface area contributed by atoms with Crippen LogP contribution in [0.2, 0.25) is 10.0 Å². The van der Waals surface area contributed by atoms with Crippen LogP contribution in [0, 0.1) is 6.92 Å². The summed E-state index contributed by atoms with van der Waals surface area (Å²) in [5.74, 6) is 0. The van der Waals surface area contributed by atoms with Crippen molar-refractivity contribution in [3.63, 3.8) is 0 Å². The first-order valence-electron chi connectivity index (χ1n) is 8.12. The molecule has 0 atom stereocenters. The molecule has 0 aliphatic rings. The standard InChI is InChI=1S/C18H21Cl2N3O2S2/c1-13(2)23(27(24,25)17-8-5-15(19)6-9-17)26-22(4)12-21-18-10-7-16(20)11-14(18)3/h5-13H,1-4H3/b21-12+. The van der Waals surface area contributed by atoms with Crippen LogP contribution in [0.3, 0.4) is 0 Å². The third-order valence-electron chi connectivity index (χ3n) is 3.50. The number of halogens is 2. The first kappa shape index (κ1) is 22.0. The summed E-state index contributed by atoms with van der Waals surface area (Å²) in [5, 5.41) is 1.13. The molecule has 2 aromatic carbocycles. The van der Waals surface area contributed by atoms with E-state index in [9.17, 15) is 8.42 Å². The molecule has 27 heavy (non-hydrogen) atoms. The van der Waals surface area contributed by atoms with Gasteiger partial charge in [-0.2, -0.15) is 0 Å². The van der Waals surface area contributed by atoms with Crippen molar-refractivity contribution in [3.05, 3.63) is 58.1 Å². The average Bonchev–Trinajstić information content (AvgIpc) is 2.59. The van der Waals surface area contributed by atoms with Gasteiger partial charge in [-0.25, -0.2) is 13.4 Å². The van der Waals surface area contributed by atoms with E-state index in [-0.39, 0.29) is 10.9 Å². The van der Waals surface area contributed by atoms with E-state index >= 15 is 0 Å². The van der Waals surface area contributed by atoms with Gasteiger partial charge < -0.3 is 0 Å². The molecular formula is C18H21Cl2N3O2S2. The predicted molar refractivity (Wildman–Crippen MR) is 115 cm³/mol. The number of aryl methyl sites for hydroxylation is 1. The van der Waals surface area contributed by atoms with Crippen LogP contribution in [0.5, 0.6) is 0 Å². The molecule has 2 aromatic rings. The van der Waals surface area contributed by atoms with E-state index in [4.69, 9.17) is 23.2 Å². The minimum Gasteiger partial charge on any atom is -0.296 e. The van der Waals surface area contributed by atoms with Crippen molar-refractivity contribution in [3.8, 4) is 0 Å². The van der Waals surface area contributed by atoms with Crippen molar-refractivity contribution in [2.75, 3.05) is 7.05 Å². The van der Waals surface area contributed by atoms with Gasteiger partial charge in [-0.15, -0.1) is 3.71 Å². The number of nitrogens with zero attached hydrogens (tertiary/aromatic N) is 3. The molecule has 0 aliphatic heterocycles. The number of hydrogen-bond acceptors (Lipinski definition) is 4. The van der Waals surface area contributed by atoms with Crippen molar-refractivity contribution in [1.82, 2.24) is 8.02 Å². The maximum atomic E-state index is 13.0. The predicted octanol–water partition coefficient (Wildman–Crippen LogP) is 5.56. The van der Waals surface area contributed by atoms with Crippen LogP contribution in [0.15, 0.2) is 52.4 Å². The summed E-state index contributed by atoms with van der Waals surface area (Å²) in [6, 6.07) is 11.3. The van der Waals surface area contributed by atoms with Crippen molar-refractivity contribution in [2.24, 2.45) is 4.99 Å². The van der Waals surface area contributed by atoms with Gasteiger partial charge in [0.15, 0.2) is 0 Å². The average molecular weight is 446 g/mol. The Morgan fingerprint density at radius 3 is 2.22 bits per heavy atom. The summed E-state index contributed by atoms with van der Waals surface area (Å²) >= 11 is 12.9. The molecule has 0 unspecified atom stereocenters. The second-order valence-corrected chi connectivity index (χ2v) is 10.2. The van der Waals surface area contributed by atoms with Gasteiger partial charge in [0.05, 0.1) is 22.7 Å². The summed E-state index contributed by atoms with van der Waals surface area (Å²) in [7, 11) is -1.95. The highest BCUT2D eigenvalue weighted by Gasteiger charge is 2.29. The maximum Gasteiger partial charge on any atom is 0.253 e. The zero-order valence-electron chi connectivity index (χ0n) is 15.4. The molecule has 0 aromatic heterocycles. The number of benzene rings is 2. The van der Waals surface area contributed by atoms with Gasteiger partial charge in [-0.3, -0.25) is 4.31 Å². The van der Waals surface area contributed by atoms with E-state index in [1.807, 2.05) is 32.9 Å². The number of aliphatic imine (C=N–C) groups is 1. The topological polar surface area (TPSA) is 53.0 Å². The van der Waals surface area contributed by atoms with Gasteiger partial charge in [0.2, 0.25) is 0 Å². The quantitative estimate of drug-likeness (QED) is 0.318. The van der Waals surface area contributed by atoms with E-state index in [1.54, 1.807) is 35.9 Å². The summed E-state index contributed by atoms with van der Waals surface area (Å²) < 4.78 is 28.9. The smallest absolute Gasteiger partial charge is 0.253 e. The van der Waals surface area contributed by atoms with Crippen molar-refractivity contribution in [1.29, 1.82) is 0 Å². The Morgan fingerprint density at radius 2 is 1.67 bits per heavy atom. The lowest BCUT2D eigenvalue weighted by Gasteiger charge is -2.27. The Morgan fingerprint density at radius 1 is 1.07 bits per heavy atom. The highest BCUT2D eigenvalue weighted by atomic mass is 35.5. The van der Waals surface area contributed by atoms with E-state index < -0.39 is 10.0 Å². The van der Waals surface area contributed by atoms with Gasteiger partial charge in [-0.05, 0) is 68.8 Å².